The summed E-state index contributed by atoms with van der Waals surface area (Å²) < 4.78 is 27.2. The number of benzene rings is 1. The maximum Gasteiger partial charge on any atom is 0.251 e. The zero-order valence-corrected chi connectivity index (χ0v) is 13.1. The van der Waals surface area contributed by atoms with E-state index in [1.54, 1.807) is 36.4 Å². The van der Waals surface area contributed by atoms with Gasteiger partial charge in [-0.2, -0.15) is 4.72 Å². The molecule has 1 aromatic heterocycles. The number of rotatable bonds is 6. The number of hydrogen-bond donors (Lipinski definition) is 2. The van der Waals surface area contributed by atoms with Gasteiger partial charge in [0.15, 0.2) is 0 Å². The first-order valence-corrected chi connectivity index (χ1v) is 8.69. The monoisotopic (exact) mass is 324 g/mol. The Morgan fingerprint density at radius 3 is 2.43 bits per heavy atom. The highest BCUT2D eigenvalue weighted by molar-refractivity contribution is 7.91. The van der Waals surface area contributed by atoms with Crippen LogP contribution in [0.3, 0.4) is 0 Å². The third-order valence-corrected chi connectivity index (χ3v) is 6.09. The summed E-state index contributed by atoms with van der Waals surface area (Å²) in [5, 5.41) is 0. The van der Waals surface area contributed by atoms with Gasteiger partial charge in [-0.25, -0.2) is 8.42 Å². The number of carbonyl (C=O) groups is 1. The summed E-state index contributed by atoms with van der Waals surface area (Å²) in [4.78, 5) is 12.5. The molecule has 0 bridgehead atoms. The molecule has 0 aliphatic carbocycles. The predicted molar refractivity (Wildman–Crippen MR) is 82.4 cm³/mol. The van der Waals surface area contributed by atoms with Gasteiger partial charge in [0.2, 0.25) is 5.91 Å². The first-order chi connectivity index (χ1) is 9.94. The van der Waals surface area contributed by atoms with E-state index in [-0.39, 0.29) is 4.21 Å². The Bertz CT molecular complexity index is 724. The minimum Gasteiger partial charge on any atom is -0.368 e. The quantitative estimate of drug-likeness (QED) is 0.849. The van der Waals surface area contributed by atoms with Crippen LogP contribution in [0.15, 0.2) is 46.7 Å². The molecule has 112 valence electrons. The molecule has 3 N–H and O–H groups in total. The fourth-order valence-electron chi connectivity index (χ4n) is 1.84. The SMILES string of the molecule is CCc1ccc(S(=O)(=O)N[C@@H](C(N)=O)c2ccccc2)s1. The molecule has 21 heavy (non-hydrogen) atoms. The molecule has 0 saturated heterocycles. The Hall–Kier alpha value is -1.70. The minimum atomic E-state index is -3.77. The van der Waals surface area contributed by atoms with Crippen LogP contribution in [0.2, 0.25) is 0 Å². The van der Waals surface area contributed by atoms with Crippen LogP contribution in [0.25, 0.3) is 0 Å². The zero-order valence-electron chi connectivity index (χ0n) is 11.4. The topological polar surface area (TPSA) is 89.3 Å². The van der Waals surface area contributed by atoms with Crippen LogP contribution in [0.1, 0.15) is 23.4 Å². The molecule has 5 nitrogen and oxygen atoms in total. The lowest BCUT2D eigenvalue weighted by atomic mass is 10.1. The van der Waals surface area contributed by atoms with Gasteiger partial charge in [0.05, 0.1) is 0 Å². The van der Waals surface area contributed by atoms with E-state index in [1.165, 1.54) is 17.4 Å². The van der Waals surface area contributed by atoms with Crippen molar-refractivity contribution >= 4 is 27.3 Å². The summed E-state index contributed by atoms with van der Waals surface area (Å²) in [5.41, 5.74) is 5.84. The second-order valence-electron chi connectivity index (χ2n) is 4.44. The maximum absolute atomic E-state index is 12.3. The van der Waals surface area contributed by atoms with Crippen molar-refractivity contribution in [3.8, 4) is 0 Å². The molecule has 0 aliphatic rings. The number of sulfonamides is 1. The lowest BCUT2D eigenvalue weighted by Gasteiger charge is -2.15. The summed E-state index contributed by atoms with van der Waals surface area (Å²) in [7, 11) is -3.77. The molecule has 1 aromatic carbocycles. The van der Waals surface area contributed by atoms with Crippen LogP contribution in [-0.4, -0.2) is 14.3 Å². The molecule has 0 unspecified atom stereocenters. The molecule has 0 fully saturated rings. The van der Waals surface area contributed by atoms with E-state index in [1.807, 2.05) is 6.92 Å². The fourth-order valence-corrected chi connectivity index (χ4v) is 4.35. The van der Waals surface area contributed by atoms with Gasteiger partial charge < -0.3 is 5.73 Å². The Balaban J connectivity index is 2.30. The summed E-state index contributed by atoms with van der Waals surface area (Å²) in [6, 6.07) is 10.8. The molecule has 1 amide bonds. The summed E-state index contributed by atoms with van der Waals surface area (Å²) >= 11 is 1.19. The van der Waals surface area contributed by atoms with Gasteiger partial charge in [0.25, 0.3) is 10.0 Å². The zero-order chi connectivity index (χ0) is 15.5. The minimum absolute atomic E-state index is 0.182. The molecular weight excluding hydrogens is 308 g/mol. The van der Waals surface area contributed by atoms with E-state index < -0.39 is 22.0 Å². The highest BCUT2D eigenvalue weighted by atomic mass is 32.2. The van der Waals surface area contributed by atoms with Crippen LogP contribution < -0.4 is 10.5 Å². The molecule has 1 atom stereocenters. The molecule has 2 rings (SSSR count). The standard InChI is InChI=1S/C14H16N2O3S2/c1-2-11-8-9-12(20-11)21(18,19)16-13(14(15)17)10-6-4-3-5-7-10/h3-9,13,16H,2H2,1H3,(H2,15,17)/t13-/m1/s1. The molecule has 7 heteroatoms. The lowest BCUT2D eigenvalue weighted by Crippen LogP contribution is -2.37. The van der Waals surface area contributed by atoms with E-state index in [4.69, 9.17) is 5.73 Å². The van der Waals surface area contributed by atoms with Crippen molar-refractivity contribution in [2.75, 3.05) is 0 Å². The normalized spacial score (nSPS) is 13.0. The van der Waals surface area contributed by atoms with E-state index in [2.05, 4.69) is 4.72 Å². The number of nitrogens with two attached hydrogens (primary N) is 1. The van der Waals surface area contributed by atoms with Crippen molar-refractivity contribution in [2.24, 2.45) is 5.73 Å². The van der Waals surface area contributed by atoms with Gasteiger partial charge in [-0.1, -0.05) is 37.3 Å². The highest BCUT2D eigenvalue weighted by Gasteiger charge is 2.26. The second kappa shape index (κ2) is 6.38. The molecule has 0 radical (unpaired) electrons. The third-order valence-electron chi connectivity index (χ3n) is 2.94. The molecular formula is C14H16N2O3S2. The van der Waals surface area contributed by atoms with Gasteiger partial charge in [0.1, 0.15) is 10.3 Å². The first-order valence-electron chi connectivity index (χ1n) is 6.39. The van der Waals surface area contributed by atoms with Gasteiger partial charge in [-0.3, -0.25) is 4.79 Å². The van der Waals surface area contributed by atoms with Crippen LogP contribution in [-0.2, 0) is 21.2 Å². The van der Waals surface area contributed by atoms with Gasteiger partial charge in [0, 0.05) is 4.88 Å². The molecule has 0 saturated carbocycles. The molecule has 0 aliphatic heterocycles. The molecule has 0 spiro atoms. The van der Waals surface area contributed by atoms with Crippen LogP contribution in [0, 0.1) is 0 Å². The van der Waals surface area contributed by atoms with Gasteiger partial charge in [-0.15, -0.1) is 11.3 Å². The number of thiophene rings is 1. The third kappa shape index (κ3) is 3.69. The van der Waals surface area contributed by atoms with Crippen molar-refractivity contribution in [2.45, 2.75) is 23.6 Å². The number of aryl methyl sites for hydroxylation is 1. The predicted octanol–water partition coefficient (Wildman–Crippen LogP) is 1.82. The smallest absolute Gasteiger partial charge is 0.251 e. The van der Waals surface area contributed by atoms with Crippen molar-refractivity contribution in [3.05, 3.63) is 52.9 Å². The Kier molecular flexibility index (Phi) is 4.76. The number of carbonyl (C=O) groups excluding carboxylic acids is 1. The summed E-state index contributed by atoms with van der Waals surface area (Å²) in [5.74, 6) is -0.739. The Morgan fingerprint density at radius 2 is 1.90 bits per heavy atom. The van der Waals surface area contributed by atoms with Crippen LogP contribution >= 0.6 is 11.3 Å². The number of primary amides is 1. The van der Waals surface area contributed by atoms with Crippen molar-refractivity contribution in [1.29, 1.82) is 0 Å². The van der Waals surface area contributed by atoms with Crippen molar-refractivity contribution in [3.63, 3.8) is 0 Å². The number of nitrogens with one attached hydrogen (secondary N) is 1. The first kappa shape index (κ1) is 15.7. The summed E-state index contributed by atoms with van der Waals surface area (Å²) in [6.45, 7) is 1.95. The van der Waals surface area contributed by atoms with E-state index in [0.29, 0.717) is 5.56 Å². The van der Waals surface area contributed by atoms with Crippen molar-refractivity contribution < 1.29 is 13.2 Å². The van der Waals surface area contributed by atoms with E-state index >= 15 is 0 Å². The lowest BCUT2D eigenvalue weighted by molar-refractivity contribution is -0.119. The largest absolute Gasteiger partial charge is 0.368 e. The number of hydrogen-bond acceptors (Lipinski definition) is 4. The Labute approximate surface area is 127 Å². The Morgan fingerprint density at radius 1 is 1.24 bits per heavy atom. The maximum atomic E-state index is 12.3. The van der Waals surface area contributed by atoms with E-state index in [0.717, 1.165) is 11.3 Å². The molecule has 1 heterocycles. The van der Waals surface area contributed by atoms with Crippen molar-refractivity contribution in [1.82, 2.24) is 4.72 Å². The average molecular weight is 324 g/mol. The van der Waals surface area contributed by atoms with Crippen LogP contribution in [0.4, 0.5) is 0 Å². The second-order valence-corrected chi connectivity index (χ2v) is 7.55. The molecule has 2 aromatic rings. The number of amides is 1. The highest BCUT2D eigenvalue weighted by Crippen LogP contribution is 2.24. The van der Waals surface area contributed by atoms with Gasteiger partial charge in [-0.05, 0) is 24.1 Å². The summed E-state index contributed by atoms with van der Waals surface area (Å²) in [6.07, 6.45) is 0.762. The fraction of sp³-hybridized carbons (Fsp3) is 0.214. The van der Waals surface area contributed by atoms with Crippen LogP contribution in [0.5, 0.6) is 0 Å². The van der Waals surface area contributed by atoms with Gasteiger partial charge >= 0.3 is 0 Å². The van der Waals surface area contributed by atoms with E-state index in [9.17, 15) is 13.2 Å². The average Bonchev–Trinajstić information content (AvgIpc) is 2.95.